The lowest BCUT2D eigenvalue weighted by Gasteiger charge is -2.21. The Hall–Kier alpha value is -0.930. The molecule has 1 aromatic rings. The number of aliphatic hydroxyl groups is 1. The van der Waals surface area contributed by atoms with Gasteiger partial charge in [-0.1, -0.05) is 18.6 Å². The molecule has 0 aromatic heterocycles. The maximum atomic E-state index is 13.5. The third kappa shape index (κ3) is 2.67. The molecule has 19 heavy (non-hydrogen) atoms. The third-order valence-electron chi connectivity index (χ3n) is 4.81. The summed E-state index contributed by atoms with van der Waals surface area (Å²) in [6.45, 7) is 4.59. The topological polar surface area (TPSA) is 23.5 Å². The minimum absolute atomic E-state index is 0.227. The van der Waals surface area contributed by atoms with Crippen molar-refractivity contribution in [2.45, 2.75) is 32.3 Å². The van der Waals surface area contributed by atoms with E-state index in [2.05, 4.69) is 4.90 Å². The minimum atomic E-state index is -0.575. The molecular formula is C16H22FNO. The largest absolute Gasteiger partial charge is 0.387 e. The van der Waals surface area contributed by atoms with Crippen LogP contribution in [-0.2, 0) is 0 Å². The Balaban J connectivity index is 1.62. The molecule has 0 radical (unpaired) electrons. The molecule has 1 saturated carbocycles. The number of benzene rings is 1. The third-order valence-corrected chi connectivity index (χ3v) is 4.81. The SMILES string of the molecule is Cc1ccc(C(O)CN2C[C@H]3CCC[C@H]3C2)cc1F. The molecule has 1 heterocycles. The van der Waals surface area contributed by atoms with E-state index in [0.717, 1.165) is 24.9 Å². The van der Waals surface area contributed by atoms with E-state index in [1.54, 1.807) is 13.0 Å². The van der Waals surface area contributed by atoms with Crippen LogP contribution in [0.15, 0.2) is 18.2 Å². The summed E-state index contributed by atoms with van der Waals surface area (Å²) in [5.74, 6) is 1.44. The fraction of sp³-hybridized carbons (Fsp3) is 0.625. The van der Waals surface area contributed by atoms with Crippen LogP contribution in [0.5, 0.6) is 0 Å². The number of rotatable bonds is 3. The molecular weight excluding hydrogens is 241 g/mol. The van der Waals surface area contributed by atoms with Gasteiger partial charge < -0.3 is 5.11 Å². The van der Waals surface area contributed by atoms with Crippen molar-refractivity contribution in [2.24, 2.45) is 11.8 Å². The number of nitrogens with zero attached hydrogens (tertiary/aromatic N) is 1. The Kier molecular flexibility index (Phi) is 3.59. The van der Waals surface area contributed by atoms with E-state index in [1.807, 2.05) is 6.07 Å². The molecule has 1 N–H and O–H groups in total. The van der Waals surface area contributed by atoms with Crippen LogP contribution in [0.1, 0.15) is 36.5 Å². The summed E-state index contributed by atoms with van der Waals surface area (Å²) in [6.07, 6.45) is 3.48. The molecule has 2 nitrogen and oxygen atoms in total. The Morgan fingerprint density at radius 1 is 1.32 bits per heavy atom. The lowest BCUT2D eigenvalue weighted by Crippen LogP contribution is -2.27. The number of hydrogen-bond donors (Lipinski definition) is 1. The molecule has 0 amide bonds. The van der Waals surface area contributed by atoms with Crippen LogP contribution in [0.3, 0.4) is 0 Å². The van der Waals surface area contributed by atoms with Crippen LogP contribution in [0, 0.1) is 24.6 Å². The van der Waals surface area contributed by atoms with Crippen molar-refractivity contribution in [3.63, 3.8) is 0 Å². The molecule has 1 aliphatic carbocycles. The van der Waals surface area contributed by atoms with E-state index >= 15 is 0 Å². The highest BCUT2D eigenvalue weighted by Gasteiger charge is 2.36. The van der Waals surface area contributed by atoms with Gasteiger partial charge in [0, 0.05) is 19.6 Å². The van der Waals surface area contributed by atoms with E-state index in [0.29, 0.717) is 17.7 Å². The average Bonchev–Trinajstić information content (AvgIpc) is 2.93. The van der Waals surface area contributed by atoms with Crippen molar-refractivity contribution >= 4 is 0 Å². The summed E-state index contributed by atoms with van der Waals surface area (Å²) < 4.78 is 13.5. The predicted octanol–water partition coefficient (Wildman–Crippen LogP) is 2.90. The molecule has 1 unspecified atom stereocenters. The Labute approximate surface area is 114 Å². The lowest BCUT2D eigenvalue weighted by molar-refractivity contribution is 0.121. The molecule has 1 aliphatic heterocycles. The van der Waals surface area contributed by atoms with Gasteiger partial charge in [0.2, 0.25) is 0 Å². The van der Waals surface area contributed by atoms with Gasteiger partial charge in [-0.25, -0.2) is 4.39 Å². The smallest absolute Gasteiger partial charge is 0.126 e. The van der Waals surface area contributed by atoms with Crippen molar-refractivity contribution in [3.05, 3.63) is 35.1 Å². The molecule has 0 spiro atoms. The highest BCUT2D eigenvalue weighted by Crippen LogP contribution is 2.38. The molecule has 104 valence electrons. The van der Waals surface area contributed by atoms with Crippen LogP contribution < -0.4 is 0 Å². The molecule has 2 fully saturated rings. The number of likely N-dealkylation sites (tertiary alicyclic amines) is 1. The molecule has 3 atom stereocenters. The van der Waals surface area contributed by atoms with Crippen LogP contribution in [-0.4, -0.2) is 29.6 Å². The first-order chi connectivity index (χ1) is 9.13. The van der Waals surface area contributed by atoms with E-state index < -0.39 is 6.10 Å². The van der Waals surface area contributed by atoms with Crippen LogP contribution in [0.2, 0.25) is 0 Å². The number of β-amino-alcohol motifs (C(OH)–C–C–N with tert-alkyl or cyclic N) is 1. The quantitative estimate of drug-likeness (QED) is 0.906. The van der Waals surface area contributed by atoms with E-state index in [1.165, 1.54) is 25.3 Å². The zero-order valence-electron chi connectivity index (χ0n) is 11.5. The predicted molar refractivity (Wildman–Crippen MR) is 73.4 cm³/mol. The van der Waals surface area contributed by atoms with E-state index in [4.69, 9.17) is 0 Å². The molecule has 2 aliphatic rings. The van der Waals surface area contributed by atoms with Crippen molar-refractivity contribution in [2.75, 3.05) is 19.6 Å². The normalized spacial score (nSPS) is 28.6. The zero-order valence-corrected chi connectivity index (χ0v) is 11.5. The van der Waals surface area contributed by atoms with Gasteiger partial charge in [0.05, 0.1) is 6.10 Å². The van der Waals surface area contributed by atoms with Crippen LogP contribution in [0.4, 0.5) is 4.39 Å². The molecule has 3 heteroatoms. The monoisotopic (exact) mass is 263 g/mol. The van der Waals surface area contributed by atoms with E-state index in [9.17, 15) is 9.50 Å². The van der Waals surface area contributed by atoms with Crippen molar-refractivity contribution in [3.8, 4) is 0 Å². The first-order valence-corrected chi connectivity index (χ1v) is 7.30. The van der Waals surface area contributed by atoms with Gasteiger partial charge >= 0.3 is 0 Å². The van der Waals surface area contributed by atoms with Gasteiger partial charge in [-0.15, -0.1) is 0 Å². The van der Waals surface area contributed by atoms with Crippen LogP contribution >= 0.6 is 0 Å². The molecule has 1 aromatic carbocycles. The van der Waals surface area contributed by atoms with Gasteiger partial charge in [0.15, 0.2) is 0 Å². The highest BCUT2D eigenvalue weighted by molar-refractivity contribution is 5.25. The molecule has 3 rings (SSSR count). The van der Waals surface area contributed by atoms with E-state index in [-0.39, 0.29) is 5.82 Å². The van der Waals surface area contributed by atoms with Gasteiger partial charge in [0.25, 0.3) is 0 Å². The summed E-state index contributed by atoms with van der Waals surface area (Å²) in [5, 5.41) is 10.3. The summed E-state index contributed by atoms with van der Waals surface area (Å²) in [4.78, 5) is 2.34. The minimum Gasteiger partial charge on any atom is -0.387 e. The highest BCUT2D eigenvalue weighted by atomic mass is 19.1. The maximum Gasteiger partial charge on any atom is 0.126 e. The standard InChI is InChI=1S/C16H22FNO/c1-11-5-6-12(7-15(11)17)16(19)10-18-8-13-3-2-4-14(13)9-18/h5-7,13-14,16,19H,2-4,8-10H2,1H3/t13-,14+,16?. The second-order valence-electron chi connectivity index (χ2n) is 6.19. The number of aryl methyl sites for hydroxylation is 1. The first-order valence-electron chi connectivity index (χ1n) is 7.30. The van der Waals surface area contributed by atoms with Gasteiger partial charge in [-0.2, -0.15) is 0 Å². The number of fused-ring (bicyclic) bond motifs is 1. The molecule has 1 saturated heterocycles. The van der Waals surface area contributed by atoms with Crippen molar-refractivity contribution < 1.29 is 9.50 Å². The second kappa shape index (κ2) is 5.22. The lowest BCUT2D eigenvalue weighted by atomic mass is 10.0. The number of aliphatic hydroxyl groups excluding tert-OH is 1. The van der Waals surface area contributed by atoms with Gasteiger partial charge in [-0.3, -0.25) is 4.90 Å². The van der Waals surface area contributed by atoms with Gasteiger partial charge in [0.1, 0.15) is 5.82 Å². The van der Waals surface area contributed by atoms with Crippen molar-refractivity contribution in [1.82, 2.24) is 4.90 Å². The fourth-order valence-electron chi connectivity index (χ4n) is 3.65. The van der Waals surface area contributed by atoms with Crippen LogP contribution in [0.25, 0.3) is 0 Å². The first kappa shape index (κ1) is 13.1. The summed E-state index contributed by atoms with van der Waals surface area (Å²) >= 11 is 0. The Morgan fingerprint density at radius 3 is 2.63 bits per heavy atom. The Morgan fingerprint density at radius 2 is 2.00 bits per heavy atom. The average molecular weight is 263 g/mol. The van der Waals surface area contributed by atoms with Gasteiger partial charge in [-0.05, 0) is 48.8 Å². The Bertz CT molecular complexity index is 450. The number of halogens is 1. The fourth-order valence-corrected chi connectivity index (χ4v) is 3.65. The second-order valence-corrected chi connectivity index (χ2v) is 6.19. The summed E-state index contributed by atoms with van der Waals surface area (Å²) in [5.41, 5.74) is 1.33. The number of hydrogen-bond acceptors (Lipinski definition) is 2. The molecule has 0 bridgehead atoms. The zero-order chi connectivity index (χ0) is 13.4. The summed E-state index contributed by atoms with van der Waals surface area (Å²) in [7, 11) is 0. The van der Waals surface area contributed by atoms with Crippen molar-refractivity contribution in [1.29, 1.82) is 0 Å². The summed E-state index contributed by atoms with van der Waals surface area (Å²) in [6, 6.07) is 5.05. The maximum absolute atomic E-state index is 13.5.